The highest BCUT2D eigenvalue weighted by Crippen LogP contribution is 2.12. The molecular weight excluding hydrogens is 212 g/mol. The molecule has 0 aliphatic carbocycles. The Labute approximate surface area is 102 Å². The summed E-state index contributed by atoms with van der Waals surface area (Å²) in [5, 5.41) is 3.10. The predicted molar refractivity (Wildman–Crippen MR) is 67.9 cm³/mol. The first-order valence-electron chi connectivity index (χ1n) is 5.91. The molecule has 90 valence electrons. The molecule has 0 radical (unpaired) electrons. The van der Waals surface area contributed by atoms with Crippen molar-refractivity contribution in [2.75, 3.05) is 7.05 Å². The van der Waals surface area contributed by atoms with Crippen LogP contribution in [-0.2, 0) is 19.4 Å². The van der Waals surface area contributed by atoms with Gasteiger partial charge in [-0.25, -0.2) is 4.98 Å². The average Bonchev–Trinajstić information content (AvgIpc) is 2.75. The summed E-state index contributed by atoms with van der Waals surface area (Å²) in [6.07, 6.45) is 3.42. The summed E-state index contributed by atoms with van der Waals surface area (Å²) in [6, 6.07) is 8.58. The third kappa shape index (κ3) is 3.17. The van der Waals surface area contributed by atoms with Gasteiger partial charge in [0.15, 0.2) is 6.39 Å². The monoisotopic (exact) mass is 230 g/mol. The Bertz CT molecular complexity index is 477. The van der Waals surface area contributed by atoms with E-state index in [1.54, 1.807) is 0 Å². The van der Waals surface area contributed by atoms with Gasteiger partial charge in [0.05, 0.1) is 5.69 Å². The highest BCUT2D eigenvalue weighted by molar-refractivity contribution is 5.23. The summed E-state index contributed by atoms with van der Waals surface area (Å²) in [5.41, 5.74) is 3.66. The average molecular weight is 230 g/mol. The molecule has 1 heterocycles. The minimum absolute atomic E-state index is 0.764. The normalized spacial score (nSPS) is 10.7. The molecule has 3 heteroatoms. The molecule has 0 atom stereocenters. The number of aryl methyl sites for hydroxylation is 3. The van der Waals surface area contributed by atoms with Gasteiger partial charge in [0.2, 0.25) is 0 Å². The van der Waals surface area contributed by atoms with E-state index in [0.717, 1.165) is 30.8 Å². The quantitative estimate of drug-likeness (QED) is 0.857. The Kier molecular flexibility index (Phi) is 3.94. The van der Waals surface area contributed by atoms with Crippen molar-refractivity contribution >= 4 is 0 Å². The van der Waals surface area contributed by atoms with Crippen LogP contribution >= 0.6 is 0 Å². The van der Waals surface area contributed by atoms with Crippen LogP contribution in [0.5, 0.6) is 0 Å². The van der Waals surface area contributed by atoms with Crippen molar-refractivity contribution in [3.8, 4) is 0 Å². The van der Waals surface area contributed by atoms with Gasteiger partial charge in [-0.15, -0.1) is 0 Å². The van der Waals surface area contributed by atoms with Crippen LogP contribution in [0.15, 0.2) is 35.1 Å². The van der Waals surface area contributed by atoms with Crippen molar-refractivity contribution in [1.82, 2.24) is 10.3 Å². The molecule has 0 fully saturated rings. The maximum atomic E-state index is 5.42. The predicted octanol–water partition coefficient (Wildman–Crippen LogP) is 2.49. The van der Waals surface area contributed by atoms with Crippen molar-refractivity contribution in [2.24, 2.45) is 0 Å². The summed E-state index contributed by atoms with van der Waals surface area (Å²) in [6.45, 7) is 2.88. The van der Waals surface area contributed by atoms with Gasteiger partial charge in [-0.05, 0) is 26.0 Å². The SMILES string of the molecule is CNCc1ncoc1CCc1cccc(C)c1. The van der Waals surface area contributed by atoms with Crippen LogP contribution in [0.2, 0.25) is 0 Å². The van der Waals surface area contributed by atoms with E-state index in [1.165, 1.54) is 17.5 Å². The molecule has 1 aromatic heterocycles. The fourth-order valence-corrected chi connectivity index (χ4v) is 1.93. The van der Waals surface area contributed by atoms with Crippen molar-refractivity contribution in [3.05, 3.63) is 53.2 Å². The van der Waals surface area contributed by atoms with Crippen LogP contribution in [0.1, 0.15) is 22.6 Å². The lowest BCUT2D eigenvalue weighted by atomic mass is 10.1. The number of aromatic nitrogens is 1. The summed E-state index contributed by atoms with van der Waals surface area (Å²) in [7, 11) is 1.92. The Hall–Kier alpha value is -1.61. The number of hydrogen-bond donors (Lipinski definition) is 1. The number of hydrogen-bond acceptors (Lipinski definition) is 3. The minimum atomic E-state index is 0.764. The highest BCUT2D eigenvalue weighted by atomic mass is 16.3. The fourth-order valence-electron chi connectivity index (χ4n) is 1.93. The Morgan fingerprint density at radius 1 is 1.29 bits per heavy atom. The van der Waals surface area contributed by atoms with Gasteiger partial charge >= 0.3 is 0 Å². The minimum Gasteiger partial charge on any atom is -0.448 e. The Balaban J connectivity index is 1.99. The number of nitrogens with zero attached hydrogens (tertiary/aromatic N) is 1. The summed E-state index contributed by atoms with van der Waals surface area (Å²) in [4.78, 5) is 4.21. The molecule has 2 aromatic rings. The standard InChI is InChI=1S/C14H18N2O/c1-11-4-3-5-12(8-11)6-7-14-13(9-15-2)16-10-17-14/h3-5,8,10,15H,6-7,9H2,1-2H3. The summed E-state index contributed by atoms with van der Waals surface area (Å²) >= 11 is 0. The third-order valence-electron chi connectivity index (χ3n) is 2.79. The molecule has 2 rings (SSSR count). The van der Waals surface area contributed by atoms with Crippen LogP contribution in [0, 0.1) is 6.92 Å². The molecule has 17 heavy (non-hydrogen) atoms. The van der Waals surface area contributed by atoms with Gasteiger partial charge in [0.25, 0.3) is 0 Å². The molecule has 1 aromatic carbocycles. The molecule has 0 aliphatic rings. The lowest BCUT2D eigenvalue weighted by Gasteiger charge is -2.02. The van der Waals surface area contributed by atoms with E-state index in [1.807, 2.05) is 7.05 Å². The number of nitrogens with one attached hydrogen (secondary N) is 1. The van der Waals surface area contributed by atoms with Gasteiger partial charge in [-0.2, -0.15) is 0 Å². The van der Waals surface area contributed by atoms with E-state index in [-0.39, 0.29) is 0 Å². The molecule has 0 spiro atoms. The summed E-state index contributed by atoms with van der Waals surface area (Å²) < 4.78 is 5.42. The molecule has 1 N–H and O–H groups in total. The second-order valence-corrected chi connectivity index (χ2v) is 4.24. The van der Waals surface area contributed by atoms with Gasteiger partial charge in [-0.3, -0.25) is 0 Å². The van der Waals surface area contributed by atoms with Crippen LogP contribution in [0.3, 0.4) is 0 Å². The molecular formula is C14H18N2O. The molecule has 3 nitrogen and oxygen atoms in total. The molecule has 0 aliphatic heterocycles. The van der Waals surface area contributed by atoms with E-state index < -0.39 is 0 Å². The zero-order valence-corrected chi connectivity index (χ0v) is 10.4. The number of rotatable bonds is 5. The highest BCUT2D eigenvalue weighted by Gasteiger charge is 2.07. The fraction of sp³-hybridized carbons (Fsp3) is 0.357. The van der Waals surface area contributed by atoms with Gasteiger partial charge in [0.1, 0.15) is 5.76 Å². The van der Waals surface area contributed by atoms with Gasteiger partial charge < -0.3 is 9.73 Å². The Morgan fingerprint density at radius 2 is 2.18 bits per heavy atom. The van der Waals surface area contributed by atoms with Gasteiger partial charge in [0, 0.05) is 13.0 Å². The van der Waals surface area contributed by atoms with E-state index >= 15 is 0 Å². The van der Waals surface area contributed by atoms with Crippen molar-refractivity contribution in [1.29, 1.82) is 0 Å². The smallest absolute Gasteiger partial charge is 0.181 e. The Morgan fingerprint density at radius 3 is 2.94 bits per heavy atom. The van der Waals surface area contributed by atoms with Crippen molar-refractivity contribution < 1.29 is 4.42 Å². The van der Waals surface area contributed by atoms with Crippen molar-refractivity contribution in [3.63, 3.8) is 0 Å². The second-order valence-electron chi connectivity index (χ2n) is 4.24. The van der Waals surface area contributed by atoms with E-state index in [2.05, 4.69) is 41.5 Å². The lowest BCUT2D eigenvalue weighted by molar-refractivity contribution is 0.498. The molecule has 0 bridgehead atoms. The summed E-state index contributed by atoms with van der Waals surface area (Å²) in [5.74, 6) is 0.987. The topological polar surface area (TPSA) is 38.1 Å². The molecule has 0 saturated heterocycles. The van der Waals surface area contributed by atoms with Crippen molar-refractivity contribution in [2.45, 2.75) is 26.3 Å². The second kappa shape index (κ2) is 5.64. The van der Waals surface area contributed by atoms with Crippen LogP contribution in [0.25, 0.3) is 0 Å². The number of oxazole rings is 1. The van der Waals surface area contributed by atoms with Gasteiger partial charge in [-0.1, -0.05) is 29.8 Å². The van der Waals surface area contributed by atoms with Crippen LogP contribution < -0.4 is 5.32 Å². The largest absolute Gasteiger partial charge is 0.448 e. The first kappa shape index (κ1) is 11.9. The van der Waals surface area contributed by atoms with E-state index in [9.17, 15) is 0 Å². The zero-order chi connectivity index (χ0) is 12.1. The zero-order valence-electron chi connectivity index (χ0n) is 10.4. The van der Waals surface area contributed by atoms with E-state index in [0.29, 0.717) is 0 Å². The molecule has 0 unspecified atom stereocenters. The molecule has 0 saturated carbocycles. The maximum absolute atomic E-state index is 5.42. The first-order chi connectivity index (χ1) is 8.29. The lowest BCUT2D eigenvalue weighted by Crippen LogP contribution is -2.07. The van der Waals surface area contributed by atoms with Crippen LogP contribution in [0.4, 0.5) is 0 Å². The van der Waals surface area contributed by atoms with E-state index in [4.69, 9.17) is 4.42 Å². The first-order valence-corrected chi connectivity index (χ1v) is 5.91. The molecule has 0 amide bonds. The van der Waals surface area contributed by atoms with Crippen LogP contribution in [-0.4, -0.2) is 12.0 Å². The maximum Gasteiger partial charge on any atom is 0.181 e. The number of benzene rings is 1. The third-order valence-corrected chi connectivity index (χ3v) is 2.79.